The molecule has 0 saturated carbocycles. The van der Waals surface area contributed by atoms with Crippen LogP contribution in [-0.4, -0.2) is 34.7 Å². The summed E-state index contributed by atoms with van der Waals surface area (Å²) in [6.07, 6.45) is 1.99. The van der Waals surface area contributed by atoms with E-state index in [9.17, 15) is 9.59 Å². The van der Waals surface area contributed by atoms with Gasteiger partial charge >= 0.3 is 12.0 Å². The largest absolute Gasteiger partial charge is 0.478 e. The molecule has 0 fully saturated rings. The Bertz CT molecular complexity index is 515. The first kappa shape index (κ1) is 16.4. The molecule has 20 heavy (non-hydrogen) atoms. The highest BCUT2D eigenvalue weighted by atomic mass is 32.2. The van der Waals surface area contributed by atoms with E-state index in [4.69, 9.17) is 5.11 Å². The molecule has 0 radical (unpaired) electrons. The van der Waals surface area contributed by atoms with E-state index in [-0.39, 0.29) is 16.3 Å². The highest BCUT2D eigenvalue weighted by Gasteiger charge is 2.17. The molecule has 5 nitrogen and oxygen atoms in total. The second-order valence-electron chi connectivity index (χ2n) is 5.11. The number of thioether (sulfide) groups is 1. The van der Waals surface area contributed by atoms with E-state index in [0.717, 1.165) is 5.56 Å². The Morgan fingerprint density at radius 3 is 2.55 bits per heavy atom. The normalized spacial score (nSPS) is 11.0. The van der Waals surface area contributed by atoms with Gasteiger partial charge in [-0.05, 0) is 44.7 Å². The minimum Gasteiger partial charge on any atom is -0.478 e. The average molecular weight is 296 g/mol. The molecule has 0 unspecified atom stereocenters. The lowest BCUT2D eigenvalue weighted by molar-refractivity contribution is 0.0697. The van der Waals surface area contributed by atoms with Gasteiger partial charge in [-0.25, -0.2) is 9.59 Å². The number of hydrogen-bond acceptors (Lipinski definition) is 3. The summed E-state index contributed by atoms with van der Waals surface area (Å²) in [6.45, 7) is 6.41. The monoisotopic (exact) mass is 296 g/mol. The maximum atomic E-state index is 11.8. The third-order valence-electron chi connectivity index (χ3n) is 2.96. The first-order valence-corrected chi connectivity index (χ1v) is 7.41. The molecule has 0 aliphatic carbocycles. The van der Waals surface area contributed by atoms with Gasteiger partial charge in [-0.15, -0.1) is 0 Å². The van der Waals surface area contributed by atoms with Crippen LogP contribution in [0.15, 0.2) is 18.2 Å². The fraction of sp³-hybridized carbons (Fsp3) is 0.429. The molecule has 0 heterocycles. The van der Waals surface area contributed by atoms with Crippen LogP contribution in [0.25, 0.3) is 0 Å². The van der Waals surface area contributed by atoms with Crippen molar-refractivity contribution in [2.75, 3.05) is 18.1 Å². The van der Waals surface area contributed by atoms with Crippen LogP contribution in [0, 0.1) is 6.92 Å². The highest BCUT2D eigenvalue weighted by molar-refractivity contribution is 7.99. The van der Waals surface area contributed by atoms with E-state index in [1.165, 1.54) is 12.1 Å². The van der Waals surface area contributed by atoms with Gasteiger partial charge in [0.15, 0.2) is 0 Å². The van der Waals surface area contributed by atoms with E-state index < -0.39 is 5.97 Å². The number of aryl methyl sites for hydroxylation is 1. The van der Waals surface area contributed by atoms with Gasteiger partial charge in [-0.2, -0.15) is 11.8 Å². The van der Waals surface area contributed by atoms with Gasteiger partial charge in [0, 0.05) is 17.0 Å². The van der Waals surface area contributed by atoms with Crippen molar-refractivity contribution >= 4 is 29.4 Å². The molecule has 6 heteroatoms. The first-order chi connectivity index (χ1) is 9.25. The number of benzene rings is 1. The molecule has 110 valence electrons. The summed E-state index contributed by atoms with van der Waals surface area (Å²) in [5.74, 6) is -1.02. The summed E-state index contributed by atoms with van der Waals surface area (Å²) in [5.41, 5.74) is 1.47. The second-order valence-corrected chi connectivity index (χ2v) is 6.62. The SMILES string of the molecule is CSC(C)(C)CNC(=O)Nc1cc(C(=O)O)ccc1C. The average Bonchev–Trinajstić information content (AvgIpc) is 2.39. The quantitative estimate of drug-likeness (QED) is 0.780. The number of rotatable bonds is 5. The number of anilines is 1. The summed E-state index contributed by atoms with van der Waals surface area (Å²) in [4.78, 5) is 22.7. The predicted molar refractivity (Wildman–Crippen MR) is 82.8 cm³/mol. The topological polar surface area (TPSA) is 78.4 Å². The number of carbonyl (C=O) groups is 2. The van der Waals surface area contributed by atoms with Crippen LogP contribution in [0.5, 0.6) is 0 Å². The van der Waals surface area contributed by atoms with Crippen molar-refractivity contribution in [1.29, 1.82) is 0 Å². The molecular weight excluding hydrogens is 276 g/mol. The van der Waals surface area contributed by atoms with Crippen molar-refractivity contribution < 1.29 is 14.7 Å². The molecule has 2 amide bonds. The van der Waals surface area contributed by atoms with Crippen molar-refractivity contribution in [1.82, 2.24) is 5.32 Å². The number of carboxylic acids is 1. The fourth-order valence-electron chi connectivity index (χ4n) is 1.42. The molecule has 0 spiro atoms. The Morgan fingerprint density at radius 2 is 2.00 bits per heavy atom. The first-order valence-electron chi connectivity index (χ1n) is 6.19. The molecular formula is C14H20N2O3S. The van der Waals surface area contributed by atoms with Crippen LogP contribution >= 0.6 is 11.8 Å². The van der Waals surface area contributed by atoms with Crippen molar-refractivity contribution in [3.05, 3.63) is 29.3 Å². The molecule has 0 aromatic heterocycles. The zero-order chi connectivity index (χ0) is 15.3. The van der Waals surface area contributed by atoms with Crippen LogP contribution in [0.3, 0.4) is 0 Å². The third-order valence-corrected chi connectivity index (χ3v) is 4.21. The zero-order valence-corrected chi connectivity index (χ0v) is 12.9. The van der Waals surface area contributed by atoms with Gasteiger partial charge < -0.3 is 15.7 Å². The molecule has 3 N–H and O–H groups in total. The Balaban J connectivity index is 2.71. The minimum absolute atomic E-state index is 0.0463. The standard InChI is InChI=1S/C14H20N2O3S/c1-9-5-6-10(12(17)18)7-11(9)16-13(19)15-8-14(2,3)20-4/h5-7H,8H2,1-4H3,(H,17,18)(H2,15,16,19). The van der Waals surface area contributed by atoms with E-state index in [2.05, 4.69) is 10.6 Å². The van der Waals surface area contributed by atoms with Gasteiger partial charge in [0.2, 0.25) is 0 Å². The molecule has 1 aromatic carbocycles. The van der Waals surface area contributed by atoms with Crippen molar-refractivity contribution in [2.45, 2.75) is 25.5 Å². The molecule has 0 saturated heterocycles. The molecule has 0 atom stereocenters. The summed E-state index contributed by atoms with van der Waals surface area (Å²) in [5, 5.41) is 14.4. The van der Waals surface area contributed by atoms with Gasteiger partial charge in [-0.3, -0.25) is 0 Å². The number of nitrogens with one attached hydrogen (secondary N) is 2. The van der Waals surface area contributed by atoms with E-state index >= 15 is 0 Å². The van der Waals surface area contributed by atoms with Crippen molar-refractivity contribution in [3.8, 4) is 0 Å². The number of amides is 2. The number of carbonyl (C=O) groups excluding carboxylic acids is 1. The van der Waals surface area contributed by atoms with Crippen LogP contribution in [-0.2, 0) is 0 Å². The van der Waals surface area contributed by atoms with Gasteiger partial charge in [-0.1, -0.05) is 6.07 Å². The van der Waals surface area contributed by atoms with Crippen molar-refractivity contribution in [3.63, 3.8) is 0 Å². The number of hydrogen-bond donors (Lipinski definition) is 3. The summed E-state index contributed by atoms with van der Waals surface area (Å²) in [7, 11) is 0. The van der Waals surface area contributed by atoms with Crippen LogP contribution < -0.4 is 10.6 Å². The van der Waals surface area contributed by atoms with Crippen molar-refractivity contribution in [2.24, 2.45) is 0 Å². The molecule has 0 bridgehead atoms. The Morgan fingerprint density at radius 1 is 1.35 bits per heavy atom. The lowest BCUT2D eigenvalue weighted by atomic mass is 10.1. The molecule has 0 aliphatic rings. The molecule has 1 aromatic rings. The maximum Gasteiger partial charge on any atom is 0.335 e. The Kier molecular flexibility index (Phi) is 5.44. The van der Waals surface area contributed by atoms with Crippen LogP contribution in [0.1, 0.15) is 29.8 Å². The lowest BCUT2D eigenvalue weighted by Gasteiger charge is -2.22. The smallest absolute Gasteiger partial charge is 0.335 e. The highest BCUT2D eigenvalue weighted by Crippen LogP contribution is 2.20. The predicted octanol–water partition coefficient (Wildman–Crippen LogP) is 2.96. The summed E-state index contributed by atoms with van der Waals surface area (Å²) >= 11 is 1.66. The number of carboxylic acid groups (broad SMARTS) is 1. The molecule has 1 rings (SSSR count). The number of aromatic carboxylic acids is 1. The van der Waals surface area contributed by atoms with E-state index in [1.807, 2.05) is 27.0 Å². The lowest BCUT2D eigenvalue weighted by Crippen LogP contribution is -2.38. The van der Waals surface area contributed by atoms with Gasteiger partial charge in [0.25, 0.3) is 0 Å². The fourth-order valence-corrected chi connectivity index (χ4v) is 1.64. The van der Waals surface area contributed by atoms with Gasteiger partial charge in [0.05, 0.1) is 5.56 Å². The Labute approximate surface area is 123 Å². The molecule has 0 aliphatic heterocycles. The number of urea groups is 1. The maximum absolute atomic E-state index is 11.8. The summed E-state index contributed by atoms with van der Waals surface area (Å²) in [6, 6.07) is 4.30. The van der Waals surface area contributed by atoms with Crippen LogP contribution in [0.2, 0.25) is 0 Å². The Hall–Kier alpha value is -1.69. The zero-order valence-electron chi connectivity index (χ0n) is 12.1. The third kappa shape index (κ3) is 4.77. The second kappa shape index (κ2) is 6.65. The van der Waals surface area contributed by atoms with Crippen LogP contribution in [0.4, 0.5) is 10.5 Å². The van der Waals surface area contributed by atoms with E-state index in [0.29, 0.717) is 12.2 Å². The summed E-state index contributed by atoms with van der Waals surface area (Å²) < 4.78 is -0.0463. The van der Waals surface area contributed by atoms with E-state index in [1.54, 1.807) is 17.8 Å². The minimum atomic E-state index is -1.02. The van der Waals surface area contributed by atoms with Gasteiger partial charge in [0.1, 0.15) is 0 Å².